The van der Waals surface area contributed by atoms with Crippen molar-refractivity contribution in [1.82, 2.24) is 19.7 Å². The number of rotatable bonds is 26. The Kier molecular flexibility index (Phi) is 25.2. The molecule has 20 heteroatoms. The van der Waals surface area contributed by atoms with E-state index in [2.05, 4.69) is 57.4 Å². The number of unbranched alkanes of at least 4 members (excludes halogenated alkanes) is 10. The van der Waals surface area contributed by atoms with E-state index in [4.69, 9.17) is 19.5 Å². The van der Waals surface area contributed by atoms with E-state index in [9.17, 15) is 25.9 Å². The van der Waals surface area contributed by atoms with Gasteiger partial charge in [0, 0.05) is 51.4 Å². The molecule has 1 aromatic heterocycles. The first-order chi connectivity index (χ1) is 34.8. The van der Waals surface area contributed by atoms with E-state index in [0.29, 0.717) is 58.8 Å². The van der Waals surface area contributed by atoms with Crippen LogP contribution in [0, 0.1) is 19.3 Å². The van der Waals surface area contributed by atoms with Gasteiger partial charge in [-0.3, -0.25) is 13.4 Å². The first kappa shape index (κ1) is 60.0. The van der Waals surface area contributed by atoms with Gasteiger partial charge < -0.3 is 28.0 Å². The van der Waals surface area contributed by atoms with Crippen molar-refractivity contribution in [2.75, 3.05) is 40.5 Å². The van der Waals surface area contributed by atoms with Crippen LogP contribution in [-0.4, -0.2) is 78.3 Å². The van der Waals surface area contributed by atoms with Crippen LogP contribution in [0.15, 0.2) is 101 Å². The molecule has 0 saturated heterocycles. The molecule has 0 saturated carbocycles. The van der Waals surface area contributed by atoms with Gasteiger partial charge in [-0.15, -0.1) is 14.7 Å². The predicted octanol–water partition coefficient (Wildman–Crippen LogP) is 11.5. The Morgan fingerprint density at radius 1 is 0.699 bits per heavy atom. The third-order valence-electron chi connectivity index (χ3n) is 11.2. The molecule has 400 valence electrons. The second-order valence-corrected chi connectivity index (χ2v) is 21.8. The lowest BCUT2D eigenvalue weighted by Gasteiger charge is -2.23. The van der Waals surface area contributed by atoms with E-state index in [-0.39, 0.29) is 5.41 Å². The van der Waals surface area contributed by atoms with Gasteiger partial charge in [0.2, 0.25) is 15.8 Å². The molecule has 1 aliphatic heterocycles. The zero-order valence-electron chi connectivity index (χ0n) is 43.9. The molecule has 0 aliphatic carbocycles. The minimum absolute atomic E-state index is 0.338. The summed E-state index contributed by atoms with van der Waals surface area (Å²) in [6.45, 7) is 18.4. The second-order valence-electron chi connectivity index (χ2n) is 18.7. The highest BCUT2D eigenvalue weighted by Gasteiger charge is 2.35. The van der Waals surface area contributed by atoms with Crippen molar-refractivity contribution < 1.29 is 35.4 Å². The quantitative estimate of drug-likeness (QED) is 0.0268. The zero-order valence-corrected chi connectivity index (χ0v) is 46.4. The van der Waals surface area contributed by atoms with Crippen LogP contribution in [0.2, 0.25) is 0 Å². The summed E-state index contributed by atoms with van der Waals surface area (Å²) in [7, 11) is -3.43. The molecule has 17 nitrogen and oxygen atoms in total. The van der Waals surface area contributed by atoms with E-state index in [1.165, 1.54) is 81.0 Å². The molecule has 1 aliphatic rings. The van der Waals surface area contributed by atoms with Crippen molar-refractivity contribution in [2.45, 2.75) is 132 Å². The van der Waals surface area contributed by atoms with E-state index < -0.39 is 32.6 Å². The average Bonchev–Trinajstić information content (AvgIpc) is 3.91. The van der Waals surface area contributed by atoms with Crippen LogP contribution in [0.1, 0.15) is 136 Å². The van der Waals surface area contributed by atoms with Gasteiger partial charge >= 0.3 is 0 Å². The van der Waals surface area contributed by atoms with Crippen LogP contribution in [0.4, 0.5) is 22.7 Å². The molecule has 2 unspecified atom stereocenters. The summed E-state index contributed by atoms with van der Waals surface area (Å²) >= 11 is -4.68. The number of aryl methyl sites for hydroxylation is 2. The summed E-state index contributed by atoms with van der Waals surface area (Å²) in [5, 5.41) is 10.8. The highest BCUT2D eigenvalue weighted by molar-refractivity contribution is 7.88. The number of benzene rings is 4. The van der Waals surface area contributed by atoms with E-state index >= 15 is 0 Å². The van der Waals surface area contributed by atoms with Gasteiger partial charge in [0.05, 0.1) is 36.6 Å². The number of hydrazine groups is 1. The Balaban J connectivity index is 0.000000274. The number of hydrogen-bond donors (Lipinski definition) is 3. The highest BCUT2D eigenvalue weighted by Crippen LogP contribution is 2.31. The molecule has 0 radical (unpaired) electrons. The lowest BCUT2D eigenvalue weighted by Crippen LogP contribution is -2.41. The molecule has 0 spiro atoms. The van der Waals surface area contributed by atoms with Crippen LogP contribution in [-0.2, 0) is 32.6 Å². The summed E-state index contributed by atoms with van der Waals surface area (Å²) < 4.78 is 81.9. The number of aromatic nitrogens is 3. The summed E-state index contributed by atoms with van der Waals surface area (Å²) in [5.41, 5.74) is 6.16. The number of sulfonamides is 1. The Morgan fingerprint density at radius 3 is 1.66 bits per heavy atom. The maximum atomic E-state index is 11.7. The maximum absolute atomic E-state index is 11.7. The standard InChI is InChI=1S/C24H30N8O4S2.C15H24O.C14H23NO3S/c1-7-31(30-38(6,35)36)18-12-13-19(15(2)14-18)25-20-21(24(3,4)5)27-32-23(20)26-22(28-32)16-8-10-17(11-9-16)29-37(33)34;1-3-4-5-6-7-8-13-16-15-11-9-14(2)10-12-15;1-2-3-4-5-6-7-12-18-14-10-8-13(9-11-14)15-19(16)17/h8-14,29-30H,7H2,1-6H3,(H,33,34);9-12H,3-8,13H2,1-2H3;8-11,15H,2-7,12H2,1H3,(H,16,17)/p-2. The number of nitrogens with zero attached hydrogens (tertiary/aromatic N) is 6. The molecule has 0 fully saturated rings. The first-order valence-corrected chi connectivity index (χ1v) is 29.1. The van der Waals surface area contributed by atoms with E-state index in [0.717, 1.165) is 42.1 Å². The predicted molar refractivity (Wildman–Crippen MR) is 297 cm³/mol. The molecule has 0 bridgehead atoms. The fourth-order valence-electron chi connectivity index (χ4n) is 7.33. The van der Waals surface area contributed by atoms with Crippen LogP contribution in [0.25, 0.3) is 11.4 Å². The van der Waals surface area contributed by atoms with Gasteiger partial charge in [-0.2, -0.15) is 5.10 Å². The molecule has 0 amide bonds. The summed E-state index contributed by atoms with van der Waals surface area (Å²) in [5.74, 6) is 2.69. The van der Waals surface area contributed by atoms with Gasteiger partial charge in [-0.25, -0.2) is 18.4 Å². The Hall–Kier alpha value is -5.51. The van der Waals surface area contributed by atoms with Crippen LogP contribution < -0.4 is 28.8 Å². The largest absolute Gasteiger partial charge is 0.755 e. The van der Waals surface area contributed by atoms with Crippen molar-refractivity contribution in [3.05, 3.63) is 108 Å². The normalized spacial score (nSPS) is 13.4. The second kappa shape index (κ2) is 30.6. The minimum atomic E-state index is -3.43. The van der Waals surface area contributed by atoms with Crippen LogP contribution in [0.5, 0.6) is 11.5 Å². The van der Waals surface area contributed by atoms with Gasteiger partial charge in [-0.05, 0) is 118 Å². The number of hydrogen-bond acceptors (Lipinski definition) is 13. The SMILES string of the molecule is CCCCCCCCOc1ccc(C)cc1.CCCCCCCCOc1ccc(NS(=O)[O-])cc1.CCN(NS(C)(=O)=O)c1ccc(N=C2C(C(C)(C)C)=Nn3nc(-c4ccc(NS(=O)[O-])cc4)nc32)c(C)c1. The first-order valence-electron chi connectivity index (χ1n) is 25.1. The third kappa shape index (κ3) is 21.9. The molecule has 5 aromatic rings. The Labute approximate surface area is 438 Å². The monoisotopic (exact) mass is 1060 g/mol. The lowest BCUT2D eigenvalue weighted by molar-refractivity contribution is 0.304. The van der Waals surface area contributed by atoms with E-state index in [1.54, 1.807) is 59.6 Å². The molecule has 73 heavy (non-hydrogen) atoms. The molecular formula is C53H75N9O8S3-2. The zero-order chi connectivity index (χ0) is 53.4. The van der Waals surface area contributed by atoms with Crippen molar-refractivity contribution in [3.63, 3.8) is 0 Å². The maximum Gasteiger partial charge on any atom is 0.225 e. The molecular weight excluding hydrogens is 987 g/mol. The van der Waals surface area contributed by atoms with Crippen molar-refractivity contribution in [1.29, 1.82) is 0 Å². The smallest absolute Gasteiger partial charge is 0.225 e. The lowest BCUT2D eigenvalue weighted by atomic mass is 9.87. The third-order valence-corrected chi connectivity index (χ3v) is 12.6. The summed E-state index contributed by atoms with van der Waals surface area (Å²) in [4.78, 5) is 13.6. The Morgan fingerprint density at radius 2 is 1.19 bits per heavy atom. The summed E-state index contributed by atoms with van der Waals surface area (Å²) in [6, 6.07) is 27.4. The number of aliphatic imine (C=N–C) groups is 1. The molecule has 2 atom stereocenters. The van der Waals surface area contributed by atoms with Crippen molar-refractivity contribution in [2.24, 2.45) is 15.5 Å². The van der Waals surface area contributed by atoms with Crippen LogP contribution in [0.3, 0.4) is 0 Å². The molecule has 2 heterocycles. The van der Waals surface area contributed by atoms with Gasteiger partial charge in [0.1, 0.15) is 17.2 Å². The highest BCUT2D eigenvalue weighted by atomic mass is 32.2. The minimum Gasteiger partial charge on any atom is -0.755 e. The number of nitrogens with one attached hydrogen (secondary N) is 3. The Bertz CT molecular complexity index is 2670. The number of fused-ring (bicyclic) bond motifs is 1. The van der Waals surface area contributed by atoms with Crippen molar-refractivity contribution >= 4 is 66.7 Å². The van der Waals surface area contributed by atoms with Gasteiger partial charge in [-0.1, -0.05) is 117 Å². The fraction of sp³-hybridized carbons (Fsp3) is 0.472. The van der Waals surface area contributed by atoms with Crippen LogP contribution >= 0.6 is 0 Å². The fourth-order valence-corrected chi connectivity index (χ4v) is 8.62. The topological polar surface area (TPSA) is 228 Å². The number of anilines is 3. The number of ether oxygens (including phenoxy) is 2. The van der Waals surface area contributed by atoms with Crippen molar-refractivity contribution in [3.8, 4) is 22.9 Å². The average molecular weight is 1060 g/mol. The molecule has 4 aromatic carbocycles. The van der Waals surface area contributed by atoms with E-state index in [1.807, 2.05) is 58.9 Å². The van der Waals surface area contributed by atoms with Gasteiger partial charge in [0.15, 0.2) is 5.82 Å². The summed E-state index contributed by atoms with van der Waals surface area (Å²) in [6.07, 6.45) is 16.4. The molecule has 3 N–H and O–H groups in total. The molecule has 6 rings (SSSR count). The van der Waals surface area contributed by atoms with Gasteiger partial charge in [0.25, 0.3) is 0 Å².